The van der Waals surface area contributed by atoms with Crippen LogP contribution < -0.4 is 0 Å². The number of likely N-dealkylation sites (tertiary alicyclic amines) is 1. The van der Waals surface area contributed by atoms with E-state index in [1.807, 2.05) is 0 Å². The molecule has 1 atom stereocenters. The van der Waals surface area contributed by atoms with E-state index in [2.05, 4.69) is 4.74 Å². The number of Topliss-reactive ketones (excluding diaryl/α,β-unsaturated/α-hetero) is 1. The highest BCUT2D eigenvalue weighted by Gasteiger charge is 2.45. The molecular formula is C21H19NO6. The molecule has 0 aromatic heterocycles. The Morgan fingerprint density at radius 3 is 2.25 bits per heavy atom. The molecule has 1 aliphatic rings. The molecule has 1 fully saturated rings. The summed E-state index contributed by atoms with van der Waals surface area (Å²) in [6, 6.07) is 13.8. The number of hydrogen-bond acceptors (Lipinski definition) is 6. The number of carbonyl (C=O) groups is 3. The number of ether oxygens (including phenoxy) is 1. The summed E-state index contributed by atoms with van der Waals surface area (Å²) in [5.74, 6) is -2.42. The van der Waals surface area contributed by atoms with E-state index in [-0.39, 0.29) is 24.5 Å². The Morgan fingerprint density at radius 1 is 1.04 bits per heavy atom. The van der Waals surface area contributed by atoms with Crippen LogP contribution in [0.4, 0.5) is 0 Å². The zero-order valence-electron chi connectivity index (χ0n) is 15.2. The Balaban J connectivity index is 2.13. The number of aliphatic hydroxyl groups excluding tert-OH is 2. The van der Waals surface area contributed by atoms with Crippen LogP contribution in [-0.2, 0) is 14.3 Å². The van der Waals surface area contributed by atoms with Crippen LogP contribution in [0, 0.1) is 0 Å². The summed E-state index contributed by atoms with van der Waals surface area (Å²) in [5.41, 5.74) is 1.18. The first-order valence-electron chi connectivity index (χ1n) is 8.62. The summed E-state index contributed by atoms with van der Waals surface area (Å²) < 4.78 is 4.67. The molecular weight excluding hydrogens is 362 g/mol. The lowest BCUT2D eigenvalue weighted by Crippen LogP contribution is -2.32. The zero-order chi connectivity index (χ0) is 20.3. The summed E-state index contributed by atoms with van der Waals surface area (Å²) in [6.45, 7) is -0.408. The molecule has 2 N–H and O–H groups in total. The van der Waals surface area contributed by atoms with E-state index in [1.54, 1.807) is 42.5 Å². The van der Waals surface area contributed by atoms with Crippen molar-refractivity contribution in [3.05, 3.63) is 76.9 Å². The zero-order valence-corrected chi connectivity index (χ0v) is 15.2. The predicted molar refractivity (Wildman–Crippen MR) is 100 cm³/mol. The predicted octanol–water partition coefficient (Wildman–Crippen LogP) is 1.89. The Hall–Kier alpha value is -3.45. The summed E-state index contributed by atoms with van der Waals surface area (Å²) in [6.07, 6.45) is 0. The first-order valence-corrected chi connectivity index (χ1v) is 8.62. The highest BCUT2D eigenvalue weighted by atomic mass is 16.5. The maximum atomic E-state index is 12.6. The Bertz CT molecular complexity index is 933. The minimum atomic E-state index is -0.876. The van der Waals surface area contributed by atoms with Crippen LogP contribution >= 0.6 is 0 Å². The average molecular weight is 381 g/mol. The molecule has 1 aliphatic heterocycles. The highest BCUT2D eigenvalue weighted by Crippen LogP contribution is 2.39. The van der Waals surface area contributed by atoms with Crippen molar-refractivity contribution in [3.8, 4) is 0 Å². The first kappa shape index (κ1) is 19.3. The standard InChI is InChI=1S/C21H19NO6/c1-28-21(27)15-9-7-13(8-10-15)17-16(18(24)14-5-3-2-4-6-14)19(25)20(26)22(17)11-12-23/h2-10,17,23-24H,11-12H2,1H3. The number of rotatable bonds is 5. The Labute approximate surface area is 161 Å². The maximum Gasteiger partial charge on any atom is 0.337 e. The molecule has 0 saturated carbocycles. The van der Waals surface area contributed by atoms with Gasteiger partial charge in [0, 0.05) is 12.1 Å². The minimum absolute atomic E-state index is 0.0598. The van der Waals surface area contributed by atoms with Crippen molar-refractivity contribution < 1.29 is 29.3 Å². The molecule has 0 bridgehead atoms. The second kappa shape index (κ2) is 8.06. The van der Waals surface area contributed by atoms with Crippen molar-refractivity contribution in [2.45, 2.75) is 6.04 Å². The monoisotopic (exact) mass is 381 g/mol. The smallest absolute Gasteiger partial charge is 0.337 e. The summed E-state index contributed by atoms with van der Waals surface area (Å²) in [7, 11) is 1.27. The van der Waals surface area contributed by atoms with Gasteiger partial charge in [-0.1, -0.05) is 42.5 Å². The van der Waals surface area contributed by atoms with Crippen LogP contribution in [0.15, 0.2) is 60.2 Å². The number of amides is 1. The normalized spacial score (nSPS) is 18.4. The van der Waals surface area contributed by atoms with Gasteiger partial charge in [-0.25, -0.2) is 4.79 Å². The van der Waals surface area contributed by atoms with E-state index in [1.165, 1.54) is 24.1 Å². The van der Waals surface area contributed by atoms with E-state index in [9.17, 15) is 24.6 Å². The van der Waals surface area contributed by atoms with Crippen LogP contribution in [0.2, 0.25) is 0 Å². The molecule has 0 aliphatic carbocycles. The largest absolute Gasteiger partial charge is 0.507 e. The van der Waals surface area contributed by atoms with E-state index in [0.29, 0.717) is 16.7 Å². The number of methoxy groups -OCH3 is 1. The summed E-state index contributed by atoms with van der Waals surface area (Å²) >= 11 is 0. The number of β-amino-alcohol motifs (C(OH)–C–C–N with tert-alkyl or cyclic N) is 1. The van der Waals surface area contributed by atoms with Gasteiger partial charge in [0.15, 0.2) is 0 Å². The quantitative estimate of drug-likeness (QED) is 0.355. The van der Waals surface area contributed by atoms with Gasteiger partial charge in [-0.3, -0.25) is 9.59 Å². The van der Waals surface area contributed by atoms with Crippen molar-refractivity contribution in [1.82, 2.24) is 4.90 Å². The molecule has 1 unspecified atom stereocenters. The number of benzene rings is 2. The molecule has 1 amide bonds. The molecule has 2 aromatic rings. The minimum Gasteiger partial charge on any atom is -0.507 e. The Morgan fingerprint density at radius 2 is 1.68 bits per heavy atom. The molecule has 7 heteroatoms. The van der Waals surface area contributed by atoms with Gasteiger partial charge in [-0.15, -0.1) is 0 Å². The number of hydrogen-bond donors (Lipinski definition) is 2. The van der Waals surface area contributed by atoms with Gasteiger partial charge in [-0.2, -0.15) is 0 Å². The lowest BCUT2D eigenvalue weighted by atomic mass is 9.94. The number of nitrogens with zero attached hydrogens (tertiary/aromatic N) is 1. The number of aliphatic hydroxyl groups is 2. The fourth-order valence-corrected chi connectivity index (χ4v) is 3.24. The third-order valence-electron chi connectivity index (χ3n) is 4.58. The molecule has 144 valence electrons. The van der Waals surface area contributed by atoms with Crippen LogP contribution in [0.25, 0.3) is 5.76 Å². The van der Waals surface area contributed by atoms with Gasteiger partial charge < -0.3 is 19.8 Å². The van der Waals surface area contributed by atoms with Crippen molar-refractivity contribution in [2.24, 2.45) is 0 Å². The molecule has 1 saturated heterocycles. The van der Waals surface area contributed by atoms with Crippen LogP contribution in [0.3, 0.4) is 0 Å². The second-order valence-electron chi connectivity index (χ2n) is 6.20. The van der Waals surface area contributed by atoms with Gasteiger partial charge in [-0.05, 0) is 17.7 Å². The van der Waals surface area contributed by atoms with Gasteiger partial charge in [0.05, 0.1) is 30.9 Å². The van der Waals surface area contributed by atoms with E-state index in [0.717, 1.165) is 0 Å². The number of esters is 1. The fourth-order valence-electron chi connectivity index (χ4n) is 3.24. The lowest BCUT2D eigenvalue weighted by Gasteiger charge is -2.24. The van der Waals surface area contributed by atoms with Crippen molar-refractivity contribution in [2.75, 3.05) is 20.3 Å². The summed E-state index contributed by atoms with van der Waals surface area (Å²) in [4.78, 5) is 38.0. The molecule has 3 rings (SSSR count). The van der Waals surface area contributed by atoms with Gasteiger partial charge in [0.25, 0.3) is 11.7 Å². The van der Waals surface area contributed by atoms with Crippen LogP contribution in [-0.4, -0.2) is 53.0 Å². The fraction of sp³-hybridized carbons (Fsp3) is 0.190. The molecule has 1 heterocycles. The van der Waals surface area contributed by atoms with E-state index < -0.39 is 23.7 Å². The topological polar surface area (TPSA) is 104 Å². The first-order chi connectivity index (χ1) is 13.5. The van der Waals surface area contributed by atoms with Crippen molar-refractivity contribution >= 4 is 23.4 Å². The lowest BCUT2D eigenvalue weighted by molar-refractivity contribution is -0.140. The number of ketones is 1. The van der Waals surface area contributed by atoms with Crippen molar-refractivity contribution in [3.63, 3.8) is 0 Å². The molecule has 2 aromatic carbocycles. The average Bonchev–Trinajstić information content (AvgIpc) is 2.98. The van der Waals surface area contributed by atoms with Gasteiger partial charge in [0.1, 0.15) is 5.76 Å². The molecule has 0 radical (unpaired) electrons. The third-order valence-corrected chi connectivity index (χ3v) is 4.58. The summed E-state index contributed by atoms with van der Waals surface area (Å²) in [5, 5.41) is 20.1. The maximum absolute atomic E-state index is 12.6. The number of carbonyl (C=O) groups excluding carboxylic acids is 3. The molecule has 7 nitrogen and oxygen atoms in total. The third kappa shape index (κ3) is 3.39. The van der Waals surface area contributed by atoms with E-state index in [4.69, 9.17) is 0 Å². The van der Waals surface area contributed by atoms with Crippen molar-refractivity contribution in [1.29, 1.82) is 0 Å². The SMILES string of the molecule is COC(=O)c1ccc(C2C(=C(O)c3ccccc3)C(=O)C(=O)N2CCO)cc1. The second-order valence-corrected chi connectivity index (χ2v) is 6.20. The van der Waals surface area contributed by atoms with Gasteiger partial charge in [0.2, 0.25) is 0 Å². The Kier molecular flexibility index (Phi) is 5.56. The van der Waals surface area contributed by atoms with Crippen LogP contribution in [0.1, 0.15) is 27.5 Å². The van der Waals surface area contributed by atoms with Gasteiger partial charge >= 0.3 is 5.97 Å². The molecule has 28 heavy (non-hydrogen) atoms. The molecule has 0 spiro atoms. The van der Waals surface area contributed by atoms with Crippen LogP contribution in [0.5, 0.6) is 0 Å². The van der Waals surface area contributed by atoms with E-state index >= 15 is 0 Å². The highest BCUT2D eigenvalue weighted by molar-refractivity contribution is 6.46.